The van der Waals surface area contributed by atoms with Crippen molar-refractivity contribution in [1.82, 2.24) is 0 Å². The minimum Gasteiger partial charge on any atom is -0.330 e. The number of nitrogens with two attached hydrogens (primary N) is 2. The van der Waals surface area contributed by atoms with E-state index in [0.717, 1.165) is 30.7 Å². The molecule has 134 valence electrons. The van der Waals surface area contributed by atoms with Gasteiger partial charge in [0, 0.05) is 5.54 Å². The molecule has 3 fully saturated rings. The largest absolute Gasteiger partial charge is 0.330 e. The zero-order chi connectivity index (χ0) is 17.2. The Hall–Kier alpha value is -0.0800. The van der Waals surface area contributed by atoms with Crippen molar-refractivity contribution >= 4 is 0 Å². The Morgan fingerprint density at radius 3 is 2.22 bits per heavy atom. The molecule has 3 saturated carbocycles. The van der Waals surface area contributed by atoms with Crippen LogP contribution in [-0.2, 0) is 0 Å². The lowest BCUT2D eigenvalue weighted by molar-refractivity contribution is -0.309. The van der Waals surface area contributed by atoms with E-state index in [1.807, 2.05) is 0 Å². The van der Waals surface area contributed by atoms with Crippen LogP contribution in [0.5, 0.6) is 0 Å². The molecule has 3 rings (SSSR count). The minimum absolute atomic E-state index is 0.0635. The molecule has 0 radical (unpaired) electrons. The molecule has 3 aliphatic carbocycles. The maximum absolute atomic E-state index is 7.22. The second-order valence-electron chi connectivity index (χ2n) is 9.99. The van der Waals surface area contributed by atoms with Gasteiger partial charge in [0.2, 0.25) is 0 Å². The first-order valence-corrected chi connectivity index (χ1v) is 10.2. The van der Waals surface area contributed by atoms with Crippen molar-refractivity contribution in [1.29, 1.82) is 0 Å². The van der Waals surface area contributed by atoms with Crippen LogP contribution in [0.15, 0.2) is 0 Å². The Morgan fingerprint density at radius 2 is 1.74 bits per heavy atom. The molecule has 0 aromatic heterocycles. The molecule has 0 amide bonds. The first-order valence-electron chi connectivity index (χ1n) is 10.2. The molecule has 8 atom stereocenters. The average molecular weight is 321 g/mol. The minimum atomic E-state index is 0.0635. The topological polar surface area (TPSA) is 52.0 Å². The van der Waals surface area contributed by atoms with Crippen LogP contribution in [0.2, 0.25) is 0 Å². The molecule has 0 heterocycles. The van der Waals surface area contributed by atoms with Gasteiger partial charge in [0.25, 0.3) is 0 Å². The van der Waals surface area contributed by atoms with Crippen LogP contribution in [0.25, 0.3) is 0 Å². The molecule has 23 heavy (non-hydrogen) atoms. The van der Waals surface area contributed by atoms with Gasteiger partial charge in [-0.05, 0) is 78.6 Å². The van der Waals surface area contributed by atoms with Crippen LogP contribution in [0, 0.1) is 46.3 Å². The zero-order valence-electron chi connectivity index (χ0n) is 16.4. The summed E-state index contributed by atoms with van der Waals surface area (Å²) in [4.78, 5) is 0. The molecule has 0 aromatic carbocycles. The summed E-state index contributed by atoms with van der Waals surface area (Å²) in [6, 6.07) is 0. The number of rotatable bonds is 5. The van der Waals surface area contributed by atoms with E-state index in [2.05, 4.69) is 41.5 Å². The summed E-state index contributed by atoms with van der Waals surface area (Å²) in [5, 5.41) is 0. The summed E-state index contributed by atoms with van der Waals surface area (Å²) in [6.45, 7) is 15.6. The van der Waals surface area contributed by atoms with E-state index in [4.69, 9.17) is 11.5 Å². The maximum Gasteiger partial charge on any atom is 0.0274 e. The Kier molecular flexibility index (Phi) is 4.21. The fourth-order valence-electron chi connectivity index (χ4n) is 8.17. The Bertz CT molecular complexity index is 457. The summed E-state index contributed by atoms with van der Waals surface area (Å²) < 4.78 is 0. The quantitative estimate of drug-likeness (QED) is 0.787. The SMILES string of the molecule is CCCC(C)(C)C1C(CCN)C(C)C2(N)C(C)C(C)C23CCC13. The third kappa shape index (κ3) is 1.89. The highest BCUT2D eigenvalue weighted by Crippen LogP contribution is 2.79. The van der Waals surface area contributed by atoms with Gasteiger partial charge in [0.05, 0.1) is 0 Å². The van der Waals surface area contributed by atoms with Crippen molar-refractivity contribution in [3.8, 4) is 0 Å². The van der Waals surface area contributed by atoms with Crippen molar-refractivity contribution in [2.75, 3.05) is 6.54 Å². The summed E-state index contributed by atoms with van der Waals surface area (Å²) in [5.41, 5.74) is 14.2. The van der Waals surface area contributed by atoms with Gasteiger partial charge in [0.1, 0.15) is 0 Å². The van der Waals surface area contributed by atoms with Crippen LogP contribution < -0.4 is 11.5 Å². The molecule has 4 N–H and O–H groups in total. The maximum atomic E-state index is 7.22. The Balaban J connectivity index is 2.03. The van der Waals surface area contributed by atoms with Gasteiger partial charge in [-0.1, -0.05) is 48.0 Å². The van der Waals surface area contributed by atoms with Crippen LogP contribution >= 0.6 is 0 Å². The van der Waals surface area contributed by atoms with Crippen LogP contribution in [-0.4, -0.2) is 12.1 Å². The Morgan fingerprint density at radius 1 is 1.09 bits per heavy atom. The van der Waals surface area contributed by atoms with Gasteiger partial charge in [-0.2, -0.15) is 0 Å². The van der Waals surface area contributed by atoms with Gasteiger partial charge in [-0.3, -0.25) is 0 Å². The molecule has 0 saturated heterocycles. The predicted molar refractivity (Wildman–Crippen MR) is 98.9 cm³/mol. The van der Waals surface area contributed by atoms with Crippen molar-refractivity contribution < 1.29 is 0 Å². The lowest BCUT2D eigenvalue weighted by Gasteiger charge is -2.82. The molecule has 0 bridgehead atoms. The molecule has 2 heteroatoms. The van der Waals surface area contributed by atoms with Crippen LogP contribution in [0.1, 0.15) is 73.6 Å². The fourth-order valence-corrected chi connectivity index (χ4v) is 8.17. The van der Waals surface area contributed by atoms with E-state index in [1.165, 1.54) is 25.7 Å². The molecule has 3 aliphatic rings. The van der Waals surface area contributed by atoms with Gasteiger partial charge >= 0.3 is 0 Å². The van der Waals surface area contributed by atoms with Crippen molar-refractivity contribution in [3.63, 3.8) is 0 Å². The lowest BCUT2D eigenvalue weighted by Crippen LogP contribution is -2.86. The average Bonchev–Trinajstić information content (AvgIpc) is 2.47. The van der Waals surface area contributed by atoms with E-state index in [-0.39, 0.29) is 5.54 Å². The molecule has 0 aromatic rings. The summed E-state index contributed by atoms with van der Waals surface area (Å²) in [7, 11) is 0. The first-order chi connectivity index (χ1) is 10.7. The highest BCUT2D eigenvalue weighted by atomic mass is 15.0. The van der Waals surface area contributed by atoms with E-state index >= 15 is 0 Å². The summed E-state index contributed by atoms with van der Waals surface area (Å²) >= 11 is 0. The van der Waals surface area contributed by atoms with Gasteiger partial charge in [0.15, 0.2) is 0 Å². The second-order valence-corrected chi connectivity index (χ2v) is 9.99. The third-order valence-electron chi connectivity index (χ3n) is 9.24. The first kappa shape index (κ1) is 17.7. The van der Waals surface area contributed by atoms with E-state index in [0.29, 0.717) is 28.6 Å². The van der Waals surface area contributed by atoms with Gasteiger partial charge < -0.3 is 11.5 Å². The standard InChI is InChI=1S/C21H40N2/c1-7-10-19(5,6)18-16(9-12-22)15(4)21(23)14(3)13(2)20(21)11-8-17(18)20/h13-18H,7-12,22-23H2,1-6H3. The van der Waals surface area contributed by atoms with Crippen molar-refractivity contribution in [3.05, 3.63) is 0 Å². The van der Waals surface area contributed by atoms with Crippen molar-refractivity contribution in [2.45, 2.75) is 79.2 Å². The van der Waals surface area contributed by atoms with Crippen LogP contribution in [0.4, 0.5) is 0 Å². The second kappa shape index (κ2) is 5.46. The van der Waals surface area contributed by atoms with Gasteiger partial charge in [-0.15, -0.1) is 0 Å². The highest BCUT2D eigenvalue weighted by Gasteiger charge is 2.78. The van der Waals surface area contributed by atoms with E-state index in [9.17, 15) is 0 Å². The lowest BCUT2D eigenvalue weighted by atomic mass is 9.24. The van der Waals surface area contributed by atoms with E-state index in [1.54, 1.807) is 0 Å². The number of hydrogen-bond donors (Lipinski definition) is 2. The van der Waals surface area contributed by atoms with E-state index < -0.39 is 0 Å². The predicted octanol–water partition coefficient (Wildman–Crippen LogP) is 4.42. The highest BCUT2D eigenvalue weighted by molar-refractivity contribution is 5.30. The molecular formula is C21H40N2. The third-order valence-corrected chi connectivity index (χ3v) is 9.24. The normalized spacial score (nSPS) is 52.2. The Labute approximate surface area is 144 Å². The number of hydrogen-bond acceptors (Lipinski definition) is 2. The monoisotopic (exact) mass is 320 g/mol. The van der Waals surface area contributed by atoms with Gasteiger partial charge in [-0.25, -0.2) is 0 Å². The summed E-state index contributed by atoms with van der Waals surface area (Å²) in [5.74, 6) is 4.42. The molecule has 0 aliphatic heterocycles. The smallest absolute Gasteiger partial charge is 0.0274 e. The zero-order valence-corrected chi connectivity index (χ0v) is 16.4. The molecular weight excluding hydrogens is 280 g/mol. The molecule has 2 nitrogen and oxygen atoms in total. The molecule has 8 unspecified atom stereocenters. The molecule has 1 spiro atoms. The summed E-state index contributed by atoms with van der Waals surface area (Å²) in [6.07, 6.45) is 6.55. The van der Waals surface area contributed by atoms with Crippen LogP contribution in [0.3, 0.4) is 0 Å². The fraction of sp³-hybridized carbons (Fsp3) is 1.00. The van der Waals surface area contributed by atoms with Crippen molar-refractivity contribution in [2.24, 2.45) is 57.8 Å².